The van der Waals surface area contributed by atoms with Gasteiger partial charge in [0.15, 0.2) is 5.78 Å². The fraction of sp³-hybridized carbons (Fsp3) is 0.105. The molecule has 0 heterocycles. The van der Waals surface area contributed by atoms with Crippen molar-refractivity contribution in [3.05, 3.63) is 70.8 Å². The van der Waals surface area contributed by atoms with Crippen molar-refractivity contribution in [2.75, 3.05) is 0 Å². The van der Waals surface area contributed by atoms with E-state index in [1.807, 2.05) is 12.2 Å². The van der Waals surface area contributed by atoms with Crippen LogP contribution in [0.25, 0.3) is 12.2 Å². The Kier molecular flexibility index (Phi) is 3.79. The number of phenolic OH excluding ortho intramolecular Hbond substituents is 2. The Morgan fingerprint density at radius 2 is 1.05 bits per heavy atom. The van der Waals surface area contributed by atoms with Crippen molar-refractivity contribution in [1.29, 1.82) is 0 Å². The van der Waals surface area contributed by atoms with E-state index < -0.39 is 0 Å². The number of carbonyl (C=O) groups excluding carboxylic acids is 1. The average molecular weight is 292 g/mol. The summed E-state index contributed by atoms with van der Waals surface area (Å²) in [5, 5.41) is 18.6. The molecule has 0 aromatic heterocycles. The highest BCUT2D eigenvalue weighted by molar-refractivity contribution is 6.15. The van der Waals surface area contributed by atoms with Crippen molar-refractivity contribution < 1.29 is 15.0 Å². The maximum atomic E-state index is 12.4. The van der Waals surface area contributed by atoms with Crippen molar-refractivity contribution in [3.63, 3.8) is 0 Å². The van der Waals surface area contributed by atoms with Crippen LogP contribution in [0.15, 0.2) is 59.7 Å². The first-order chi connectivity index (χ1) is 10.6. The molecule has 2 aromatic rings. The zero-order chi connectivity index (χ0) is 15.5. The van der Waals surface area contributed by atoms with Crippen LogP contribution in [0.2, 0.25) is 0 Å². The maximum Gasteiger partial charge on any atom is 0.185 e. The number of hydrogen-bond donors (Lipinski definition) is 2. The topological polar surface area (TPSA) is 57.5 Å². The first-order valence-electron chi connectivity index (χ1n) is 7.16. The lowest BCUT2D eigenvalue weighted by atomic mass is 10.1. The molecule has 1 aliphatic carbocycles. The summed E-state index contributed by atoms with van der Waals surface area (Å²) in [5.74, 6) is 0.502. The van der Waals surface area contributed by atoms with Crippen LogP contribution < -0.4 is 0 Å². The molecule has 1 saturated carbocycles. The molecule has 0 bridgehead atoms. The molecule has 1 fully saturated rings. The number of phenols is 2. The van der Waals surface area contributed by atoms with E-state index in [2.05, 4.69) is 0 Å². The largest absolute Gasteiger partial charge is 0.508 e. The molecule has 0 saturated heterocycles. The Hall–Kier alpha value is -2.81. The number of allylic oxidation sites excluding steroid dienone is 2. The predicted octanol–water partition coefficient (Wildman–Crippen LogP) is 3.93. The lowest BCUT2D eigenvalue weighted by Gasteiger charge is -1.98. The van der Waals surface area contributed by atoms with Gasteiger partial charge in [0, 0.05) is 11.1 Å². The Morgan fingerprint density at radius 3 is 1.41 bits per heavy atom. The fourth-order valence-electron chi connectivity index (χ4n) is 2.52. The summed E-state index contributed by atoms with van der Waals surface area (Å²) in [6.07, 6.45) is 5.20. The number of Topliss-reactive ketones (excluding diaryl/α,β-unsaturated/α-hetero) is 1. The zero-order valence-corrected chi connectivity index (χ0v) is 12.0. The van der Waals surface area contributed by atoms with Crippen LogP contribution in [0, 0.1) is 0 Å². The molecule has 110 valence electrons. The molecule has 0 aliphatic heterocycles. The van der Waals surface area contributed by atoms with E-state index in [1.165, 1.54) is 0 Å². The Bertz CT molecular complexity index is 685. The molecule has 22 heavy (non-hydrogen) atoms. The van der Waals surface area contributed by atoms with E-state index in [0.29, 0.717) is 0 Å². The second-order valence-corrected chi connectivity index (χ2v) is 5.35. The molecular weight excluding hydrogens is 276 g/mol. The number of rotatable bonds is 2. The van der Waals surface area contributed by atoms with Crippen molar-refractivity contribution in [2.24, 2.45) is 0 Å². The monoisotopic (exact) mass is 292 g/mol. The second kappa shape index (κ2) is 5.90. The van der Waals surface area contributed by atoms with Gasteiger partial charge in [-0.3, -0.25) is 4.79 Å². The quantitative estimate of drug-likeness (QED) is 0.825. The fourth-order valence-corrected chi connectivity index (χ4v) is 2.52. The summed E-state index contributed by atoms with van der Waals surface area (Å²) < 4.78 is 0. The van der Waals surface area contributed by atoms with E-state index in [1.54, 1.807) is 48.5 Å². The van der Waals surface area contributed by atoms with Crippen molar-refractivity contribution in [2.45, 2.75) is 12.8 Å². The van der Waals surface area contributed by atoms with Gasteiger partial charge in [-0.15, -0.1) is 0 Å². The highest BCUT2D eigenvalue weighted by atomic mass is 16.3. The van der Waals surface area contributed by atoms with Crippen molar-refractivity contribution >= 4 is 17.9 Å². The highest BCUT2D eigenvalue weighted by Gasteiger charge is 2.22. The van der Waals surface area contributed by atoms with E-state index in [9.17, 15) is 15.0 Å². The molecule has 0 amide bonds. The van der Waals surface area contributed by atoms with Crippen LogP contribution in [0.1, 0.15) is 24.0 Å². The van der Waals surface area contributed by atoms with E-state index in [0.717, 1.165) is 35.1 Å². The lowest BCUT2D eigenvalue weighted by molar-refractivity contribution is -0.111. The van der Waals surface area contributed by atoms with Crippen LogP contribution >= 0.6 is 0 Å². The molecule has 1 aliphatic rings. The number of carbonyl (C=O) groups is 1. The maximum absolute atomic E-state index is 12.4. The standard InChI is InChI=1S/C19H16O3/c20-17-7-1-13(2-8-17)11-15-5-6-16(19(15)22)12-14-3-9-18(21)10-4-14/h1-4,7-12,20-21H,5-6H2. The van der Waals surface area contributed by atoms with E-state index in [-0.39, 0.29) is 17.3 Å². The van der Waals surface area contributed by atoms with Gasteiger partial charge in [-0.1, -0.05) is 24.3 Å². The molecule has 3 nitrogen and oxygen atoms in total. The van der Waals surface area contributed by atoms with Crippen LogP contribution in [0.5, 0.6) is 11.5 Å². The summed E-state index contributed by atoms with van der Waals surface area (Å²) in [6.45, 7) is 0. The van der Waals surface area contributed by atoms with Crippen LogP contribution in [0.3, 0.4) is 0 Å². The van der Waals surface area contributed by atoms with Gasteiger partial charge in [0.25, 0.3) is 0 Å². The van der Waals surface area contributed by atoms with Gasteiger partial charge in [0.05, 0.1) is 0 Å². The van der Waals surface area contributed by atoms with Crippen LogP contribution in [-0.2, 0) is 4.79 Å². The molecule has 0 unspecified atom stereocenters. The third-order valence-corrected chi connectivity index (χ3v) is 3.71. The van der Waals surface area contributed by atoms with Gasteiger partial charge >= 0.3 is 0 Å². The minimum Gasteiger partial charge on any atom is -0.508 e. The molecule has 0 radical (unpaired) electrons. The van der Waals surface area contributed by atoms with Gasteiger partial charge in [0.1, 0.15) is 11.5 Å². The molecular formula is C19H16O3. The molecule has 2 aromatic carbocycles. The minimum absolute atomic E-state index is 0.0705. The normalized spacial score (nSPS) is 18.3. The number of benzene rings is 2. The summed E-state index contributed by atoms with van der Waals surface area (Å²) in [7, 11) is 0. The van der Waals surface area contributed by atoms with Gasteiger partial charge in [-0.05, 0) is 60.4 Å². The Balaban J connectivity index is 1.82. The summed E-state index contributed by atoms with van der Waals surface area (Å²) in [5.41, 5.74) is 3.39. The lowest BCUT2D eigenvalue weighted by Crippen LogP contribution is -1.95. The third-order valence-electron chi connectivity index (χ3n) is 3.71. The zero-order valence-electron chi connectivity index (χ0n) is 12.0. The van der Waals surface area contributed by atoms with Crippen LogP contribution in [-0.4, -0.2) is 16.0 Å². The minimum atomic E-state index is 0.0705. The number of ketones is 1. The molecule has 3 heteroatoms. The van der Waals surface area contributed by atoms with Gasteiger partial charge in [-0.2, -0.15) is 0 Å². The second-order valence-electron chi connectivity index (χ2n) is 5.35. The van der Waals surface area contributed by atoms with E-state index >= 15 is 0 Å². The Labute approximate surface area is 128 Å². The van der Waals surface area contributed by atoms with E-state index in [4.69, 9.17) is 0 Å². The SMILES string of the molecule is O=C1C(=Cc2ccc(O)cc2)CCC1=Cc1ccc(O)cc1. The summed E-state index contributed by atoms with van der Waals surface area (Å²) >= 11 is 0. The van der Waals surface area contributed by atoms with Crippen molar-refractivity contribution in [3.8, 4) is 11.5 Å². The molecule has 0 atom stereocenters. The molecule has 0 spiro atoms. The van der Waals surface area contributed by atoms with Crippen LogP contribution in [0.4, 0.5) is 0 Å². The number of aromatic hydroxyl groups is 2. The highest BCUT2D eigenvalue weighted by Crippen LogP contribution is 2.30. The summed E-state index contributed by atoms with van der Waals surface area (Å²) in [4.78, 5) is 12.4. The van der Waals surface area contributed by atoms with Gasteiger partial charge < -0.3 is 10.2 Å². The third kappa shape index (κ3) is 3.09. The molecule has 2 N–H and O–H groups in total. The number of hydrogen-bond acceptors (Lipinski definition) is 3. The smallest absolute Gasteiger partial charge is 0.185 e. The summed E-state index contributed by atoms with van der Waals surface area (Å²) in [6, 6.07) is 13.6. The molecule has 3 rings (SSSR count). The first kappa shape index (κ1) is 14.1. The first-order valence-corrected chi connectivity index (χ1v) is 7.16. The van der Waals surface area contributed by atoms with Gasteiger partial charge in [0.2, 0.25) is 0 Å². The average Bonchev–Trinajstić information content (AvgIpc) is 2.85. The predicted molar refractivity (Wildman–Crippen MR) is 86.4 cm³/mol. The van der Waals surface area contributed by atoms with Crippen molar-refractivity contribution in [1.82, 2.24) is 0 Å². The van der Waals surface area contributed by atoms with Gasteiger partial charge in [-0.25, -0.2) is 0 Å². The Morgan fingerprint density at radius 1 is 0.682 bits per heavy atom.